The first kappa shape index (κ1) is 15.3. The molecule has 6 heteroatoms. The number of ether oxygens (including phenoxy) is 1. The van der Waals surface area contributed by atoms with Gasteiger partial charge in [-0.1, -0.05) is 43.6 Å². The third kappa shape index (κ3) is 3.70. The predicted molar refractivity (Wildman–Crippen MR) is 78.9 cm³/mol. The van der Waals surface area contributed by atoms with Gasteiger partial charge in [-0.3, -0.25) is 0 Å². The molecule has 110 valence electrons. The highest BCUT2D eigenvalue weighted by molar-refractivity contribution is 6.33. The minimum Gasteiger partial charge on any atom is -0.485 e. The highest BCUT2D eigenvalue weighted by atomic mass is 35.5. The minimum atomic E-state index is -1.19. The van der Waals surface area contributed by atoms with Gasteiger partial charge in [0.15, 0.2) is 11.5 Å². The van der Waals surface area contributed by atoms with E-state index in [0.29, 0.717) is 5.92 Å². The number of para-hydroxylation sites is 1. The SMILES string of the molecule is CC(C)c1ccccc1OCc1ncc(Cl)c(C(=O)O)n1. The fraction of sp³-hybridized carbons (Fsp3) is 0.267. The summed E-state index contributed by atoms with van der Waals surface area (Å²) in [6, 6.07) is 7.69. The van der Waals surface area contributed by atoms with Crippen LogP contribution in [0.3, 0.4) is 0 Å². The van der Waals surface area contributed by atoms with Gasteiger partial charge in [0, 0.05) is 0 Å². The first-order valence-electron chi connectivity index (χ1n) is 6.45. The molecule has 0 radical (unpaired) electrons. The fourth-order valence-electron chi connectivity index (χ4n) is 1.85. The molecule has 0 fully saturated rings. The maximum absolute atomic E-state index is 11.0. The van der Waals surface area contributed by atoms with E-state index >= 15 is 0 Å². The Morgan fingerprint density at radius 2 is 2.10 bits per heavy atom. The van der Waals surface area contributed by atoms with E-state index in [9.17, 15) is 4.79 Å². The molecule has 1 aromatic carbocycles. The molecule has 0 saturated carbocycles. The molecule has 0 aliphatic carbocycles. The van der Waals surface area contributed by atoms with E-state index in [1.165, 1.54) is 6.20 Å². The monoisotopic (exact) mass is 306 g/mol. The zero-order valence-electron chi connectivity index (χ0n) is 11.7. The predicted octanol–water partition coefficient (Wildman–Crippen LogP) is 3.53. The van der Waals surface area contributed by atoms with Crippen LogP contribution in [0.1, 0.15) is 41.6 Å². The van der Waals surface area contributed by atoms with Crippen LogP contribution >= 0.6 is 11.6 Å². The number of aromatic nitrogens is 2. The van der Waals surface area contributed by atoms with Crippen molar-refractivity contribution in [2.24, 2.45) is 0 Å². The molecule has 0 amide bonds. The molecule has 1 heterocycles. The summed E-state index contributed by atoms with van der Waals surface area (Å²) in [6.07, 6.45) is 1.27. The standard InChI is InChI=1S/C15H15ClN2O3/c1-9(2)10-5-3-4-6-12(10)21-8-13-17-7-11(16)14(18-13)15(19)20/h3-7,9H,8H2,1-2H3,(H,19,20). The van der Waals surface area contributed by atoms with Crippen molar-refractivity contribution in [3.63, 3.8) is 0 Å². The number of carbonyl (C=O) groups is 1. The molecule has 21 heavy (non-hydrogen) atoms. The molecule has 0 saturated heterocycles. The van der Waals surface area contributed by atoms with Gasteiger partial charge in [0.25, 0.3) is 0 Å². The van der Waals surface area contributed by atoms with E-state index in [4.69, 9.17) is 21.4 Å². The van der Waals surface area contributed by atoms with Crippen molar-refractivity contribution in [3.8, 4) is 5.75 Å². The van der Waals surface area contributed by atoms with Crippen molar-refractivity contribution < 1.29 is 14.6 Å². The van der Waals surface area contributed by atoms with E-state index in [1.54, 1.807) is 0 Å². The molecule has 1 aromatic heterocycles. The first-order chi connectivity index (χ1) is 9.99. The topological polar surface area (TPSA) is 72.3 Å². The van der Waals surface area contributed by atoms with Gasteiger partial charge >= 0.3 is 5.97 Å². The molecule has 2 aromatic rings. The van der Waals surface area contributed by atoms with Gasteiger partial charge in [-0.05, 0) is 17.5 Å². The molecule has 2 rings (SSSR count). The summed E-state index contributed by atoms with van der Waals surface area (Å²) in [5, 5.41) is 8.98. The smallest absolute Gasteiger partial charge is 0.356 e. The Bertz CT molecular complexity index is 659. The van der Waals surface area contributed by atoms with Crippen LogP contribution in [0.25, 0.3) is 0 Å². The number of hydrogen-bond acceptors (Lipinski definition) is 4. The highest BCUT2D eigenvalue weighted by Gasteiger charge is 2.13. The molecular weight excluding hydrogens is 292 g/mol. The lowest BCUT2D eigenvalue weighted by atomic mass is 10.0. The summed E-state index contributed by atoms with van der Waals surface area (Å²) in [7, 11) is 0. The summed E-state index contributed by atoms with van der Waals surface area (Å²) < 4.78 is 5.70. The number of nitrogens with zero attached hydrogens (tertiary/aromatic N) is 2. The number of hydrogen-bond donors (Lipinski definition) is 1. The van der Waals surface area contributed by atoms with E-state index in [0.717, 1.165) is 11.3 Å². The molecule has 0 unspecified atom stereocenters. The number of benzene rings is 1. The molecule has 5 nitrogen and oxygen atoms in total. The van der Waals surface area contributed by atoms with E-state index in [1.807, 2.05) is 24.3 Å². The Hall–Kier alpha value is -2.14. The molecular formula is C15H15ClN2O3. The van der Waals surface area contributed by atoms with Crippen molar-refractivity contribution in [1.82, 2.24) is 9.97 Å². The maximum Gasteiger partial charge on any atom is 0.356 e. The van der Waals surface area contributed by atoms with Crippen LogP contribution in [0.5, 0.6) is 5.75 Å². The van der Waals surface area contributed by atoms with Gasteiger partial charge in [-0.2, -0.15) is 0 Å². The fourth-order valence-corrected chi connectivity index (χ4v) is 2.03. The summed E-state index contributed by atoms with van der Waals surface area (Å²) in [6.45, 7) is 4.23. The average Bonchev–Trinajstić information content (AvgIpc) is 2.46. The van der Waals surface area contributed by atoms with Crippen LogP contribution in [-0.4, -0.2) is 21.0 Å². The van der Waals surface area contributed by atoms with Crippen molar-refractivity contribution in [1.29, 1.82) is 0 Å². The van der Waals surface area contributed by atoms with E-state index < -0.39 is 5.97 Å². The van der Waals surface area contributed by atoms with Crippen LogP contribution in [0.15, 0.2) is 30.5 Å². The molecule has 1 N–H and O–H groups in total. The Morgan fingerprint density at radius 3 is 2.76 bits per heavy atom. The lowest BCUT2D eigenvalue weighted by molar-refractivity contribution is 0.0689. The van der Waals surface area contributed by atoms with Gasteiger partial charge in [-0.15, -0.1) is 0 Å². The van der Waals surface area contributed by atoms with Gasteiger partial charge in [0.2, 0.25) is 0 Å². The second-order valence-corrected chi connectivity index (χ2v) is 5.18. The van der Waals surface area contributed by atoms with Gasteiger partial charge < -0.3 is 9.84 Å². The van der Waals surface area contributed by atoms with Crippen molar-refractivity contribution in [2.75, 3.05) is 0 Å². The average molecular weight is 307 g/mol. The minimum absolute atomic E-state index is 0.00818. The normalized spacial score (nSPS) is 10.7. The summed E-state index contributed by atoms with van der Waals surface area (Å²) in [5.41, 5.74) is 0.854. The second kappa shape index (κ2) is 6.54. The number of carboxylic acids is 1. The highest BCUT2D eigenvalue weighted by Crippen LogP contribution is 2.26. The van der Waals surface area contributed by atoms with Crippen molar-refractivity contribution in [3.05, 3.63) is 52.6 Å². The van der Waals surface area contributed by atoms with Crippen molar-refractivity contribution in [2.45, 2.75) is 26.4 Å². The van der Waals surface area contributed by atoms with Crippen LogP contribution < -0.4 is 4.74 Å². The lowest BCUT2D eigenvalue weighted by Crippen LogP contribution is -2.09. The Kier molecular flexibility index (Phi) is 4.75. The Labute approximate surface area is 127 Å². The quantitative estimate of drug-likeness (QED) is 0.915. The molecule has 0 atom stereocenters. The lowest BCUT2D eigenvalue weighted by Gasteiger charge is -2.13. The molecule has 0 aliphatic heterocycles. The summed E-state index contributed by atoms with van der Waals surface area (Å²) in [4.78, 5) is 18.8. The first-order valence-corrected chi connectivity index (χ1v) is 6.83. The number of carboxylic acid groups (broad SMARTS) is 1. The van der Waals surface area contributed by atoms with Gasteiger partial charge in [0.05, 0.1) is 11.2 Å². The molecule has 0 bridgehead atoms. The maximum atomic E-state index is 11.0. The third-order valence-corrected chi connectivity index (χ3v) is 3.17. The van der Waals surface area contributed by atoms with Crippen LogP contribution in [0.2, 0.25) is 5.02 Å². The van der Waals surface area contributed by atoms with E-state index in [2.05, 4.69) is 23.8 Å². The number of rotatable bonds is 5. The van der Waals surface area contributed by atoms with Crippen molar-refractivity contribution >= 4 is 17.6 Å². The van der Waals surface area contributed by atoms with Crippen LogP contribution in [0, 0.1) is 0 Å². The van der Waals surface area contributed by atoms with Crippen LogP contribution in [0.4, 0.5) is 0 Å². The zero-order chi connectivity index (χ0) is 15.4. The Balaban J connectivity index is 2.17. The summed E-state index contributed by atoms with van der Waals surface area (Å²) >= 11 is 5.73. The number of aromatic carboxylic acids is 1. The largest absolute Gasteiger partial charge is 0.485 e. The van der Waals surface area contributed by atoms with Gasteiger partial charge in [-0.25, -0.2) is 14.8 Å². The third-order valence-electron chi connectivity index (χ3n) is 2.89. The van der Waals surface area contributed by atoms with E-state index in [-0.39, 0.29) is 23.1 Å². The summed E-state index contributed by atoms with van der Waals surface area (Å²) in [5.74, 6) is 0.145. The second-order valence-electron chi connectivity index (χ2n) is 4.77. The molecule has 0 aliphatic rings. The molecule has 0 spiro atoms. The Morgan fingerprint density at radius 1 is 1.38 bits per heavy atom. The van der Waals surface area contributed by atoms with Crippen LogP contribution in [-0.2, 0) is 6.61 Å². The zero-order valence-corrected chi connectivity index (χ0v) is 12.5. The van der Waals surface area contributed by atoms with Gasteiger partial charge in [0.1, 0.15) is 12.4 Å². The number of halogens is 1.